The zero-order chi connectivity index (χ0) is 29.8. The van der Waals surface area contributed by atoms with Crippen LogP contribution in [0.3, 0.4) is 0 Å². The van der Waals surface area contributed by atoms with Gasteiger partial charge in [0.15, 0.2) is 0 Å². The van der Waals surface area contributed by atoms with Gasteiger partial charge in [-0.05, 0) is 44.4 Å². The van der Waals surface area contributed by atoms with E-state index in [1.807, 2.05) is 6.92 Å². The van der Waals surface area contributed by atoms with Crippen LogP contribution in [0.2, 0.25) is 0 Å². The fourth-order valence-electron chi connectivity index (χ4n) is 2.93. The van der Waals surface area contributed by atoms with Crippen molar-refractivity contribution >= 4 is 36.6 Å². The first-order chi connectivity index (χ1) is 19.3. The molecular weight excluding hydrogens is 532 g/mol. The van der Waals surface area contributed by atoms with Crippen LogP contribution in [-0.4, -0.2) is 89.3 Å². The van der Waals surface area contributed by atoms with Crippen molar-refractivity contribution in [1.29, 1.82) is 0 Å². The molecule has 0 rings (SSSR count). The molecule has 1 atom stereocenters. The van der Waals surface area contributed by atoms with Gasteiger partial charge in [-0.1, -0.05) is 13.5 Å². The van der Waals surface area contributed by atoms with E-state index in [4.69, 9.17) is 23.7 Å². The van der Waals surface area contributed by atoms with Gasteiger partial charge in [0, 0.05) is 32.0 Å². The van der Waals surface area contributed by atoms with Crippen LogP contribution in [0.1, 0.15) is 58.3 Å². The molecule has 0 aliphatic rings. The van der Waals surface area contributed by atoms with Crippen molar-refractivity contribution in [1.82, 2.24) is 10.6 Å². The van der Waals surface area contributed by atoms with E-state index < -0.39 is 24.1 Å². The van der Waals surface area contributed by atoms with Gasteiger partial charge in [-0.2, -0.15) is 0 Å². The van der Waals surface area contributed by atoms with Crippen LogP contribution in [0.4, 0.5) is 9.59 Å². The Morgan fingerprint density at radius 3 is 1.88 bits per heavy atom. The minimum atomic E-state index is -0.626. The molecule has 0 spiro atoms. The molecule has 2 amide bonds. The molecule has 0 saturated carbocycles. The van der Waals surface area contributed by atoms with Crippen LogP contribution in [0.25, 0.3) is 0 Å². The van der Waals surface area contributed by atoms with E-state index in [9.17, 15) is 28.8 Å². The maximum absolute atomic E-state index is 11.8. The van der Waals surface area contributed by atoms with Crippen molar-refractivity contribution in [3.8, 4) is 0 Å². The van der Waals surface area contributed by atoms with Gasteiger partial charge in [0.2, 0.25) is 0 Å². The van der Waals surface area contributed by atoms with E-state index >= 15 is 0 Å². The number of hydrogen-bond acceptors (Lipinski definition) is 12. The Balaban J connectivity index is 3.60. The Labute approximate surface area is 234 Å². The number of amides is 2. The molecule has 0 aromatic rings. The fourth-order valence-corrected chi connectivity index (χ4v) is 2.93. The molecule has 0 aromatic carbocycles. The number of carbonyl (C=O) groups excluding carboxylic acids is 6. The molecule has 0 heterocycles. The van der Waals surface area contributed by atoms with Crippen LogP contribution in [-0.2, 0) is 47.6 Å². The Morgan fingerprint density at radius 1 is 0.700 bits per heavy atom. The highest BCUT2D eigenvalue weighted by molar-refractivity contribution is 5.81. The second-order valence-electron chi connectivity index (χ2n) is 8.52. The van der Waals surface area contributed by atoms with Gasteiger partial charge in [-0.3, -0.25) is 14.4 Å². The summed E-state index contributed by atoms with van der Waals surface area (Å²) < 4.78 is 29.0. The maximum atomic E-state index is 11.8. The molecule has 0 radical (unpaired) electrons. The number of esters is 3. The third-order valence-electron chi connectivity index (χ3n) is 5.04. The summed E-state index contributed by atoms with van der Waals surface area (Å²) in [5.41, 5.74) is 0. The van der Waals surface area contributed by atoms with E-state index in [0.717, 1.165) is 12.5 Å². The topological polar surface area (TPSA) is 182 Å². The summed E-state index contributed by atoms with van der Waals surface area (Å²) in [5, 5.41) is 5.19. The van der Waals surface area contributed by atoms with Crippen molar-refractivity contribution in [3.05, 3.63) is 12.7 Å². The van der Waals surface area contributed by atoms with Gasteiger partial charge in [0.25, 0.3) is 6.47 Å². The number of hydrogen-bond donors (Lipinski definition) is 2. The molecule has 0 aliphatic heterocycles. The Kier molecular flexibility index (Phi) is 23.0. The monoisotopic (exact) mass is 574 g/mol. The van der Waals surface area contributed by atoms with Crippen molar-refractivity contribution < 1.29 is 57.2 Å². The van der Waals surface area contributed by atoms with E-state index in [1.54, 1.807) is 0 Å². The first kappa shape index (κ1) is 36.2. The molecule has 0 aromatic heterocycles. The van der Waals surface area contributed by atoms with E-state index in [-0.39, 0.29) is 70.8 Å². The summed E-state index contributed by atoms with van der Waals surface area (Å²) in [6, 6.07) is 0. The predicted molar refractivity (Wildman–Crippen MR) is 140 cm³/mol. The number of rotatable bonds is 24. The highest BCUT2D eigenvalue weighted by atomic mass is 16.6. The van der Waals surface area contributed by atoms with Gasteiger partial charge in [-0.25, -0.2) is 14.4 Å². The van der Waals surface area contributed by atoms with E-state index in [2.05, 4.69) is 21.9 Å². The van der Waals surface area contributed by atoms with Crippen LogP contribution < -0.4 is 10.6 Å². The largest absolute Gasteiger partial charge is 0.466 e. The molecule has 0 aliphatic carbocycles. The van der Waals surface area contributed by atoms with Crippen LogP contribution >= 0.6 is 0 Å². The molecule has 0 fully saturated rings. The quantitative estimate of drug-likeness (QED) is 0.0564. The highest BCUT2D eigenvalue weighted by Crippen LogP contribution is 2.05. The summed E-state index contributed by atoms with van der Waals surface area (Å²) in [5.74, 6) is -1.17. The molecule has 14 heteroatoms. The van der Waals surface area contributed by atoms with E-state index in [1.165, 1.54) is 0 Å². The zero-order valence-electron chi connectivity index (χ0n) is 23.2. The van der Waals surface area contributed by atoms with Crippen LogP contribution in [0.5, 0.6) is 0 Å². The lowest BCUT2D eigenvalue weighted by atomic mass is 10.1. The van der Waals surface area contributed by atoms with Crippen molar-refractivity contribution in [2.24, 2.45) is 5.92 Å². The predicted octanol–water partition coefficient (Wildman–Crippen LogP) is 2.18. The van der Waals surface area contributed by atoms with Crippen LogP contribution in [0, 0.1) is 5.92 Å². The summed E-state index contributed by atoms with van der Waals surface area (Å²) in [4.78, 5) is 67.4. The number of alkyl carbamates (subject to hydrolysis) is 2. The van der Waals surface area contributed by atoms with Crippen LogP contribution in [0.15, 0.2) is 12.7 Å². The fraction of sp³-hybridized carbons (Fsp3) is 0.692. The summed E-state index contributed by atoms with van der Waals surface area (Å²) in [6.07, 6.45) is 3.66. The first-order valence-electron chi connectivity index (χ1n) is 13.2. The smallest absolute Gasteiger partial charge is 0.407 e. The molecule has 0 saturated heterocycles. The van der Waals surface area contributed by atoms with Gasteiger partial charge in [0.05, 0.1) is 13.2 Å². The molecule has 228 valence electrons. The van der Waals surface area contributed by atoms with Gasteiger partial charge in [0.1, 0.15) is 26.4 Å². The number of ether oxygens (including phenoxy) is 6. The second-order valence-corrected chi connectivity index (χ2v) is 8.52. The lowest BCUT2D eigenvalue weighted by Crippen LogP contribution is -2.31. The minimum absolute atomic E-state index is 0.000449. The Morgan fingerprint density at radius 2 is 1.25 bits per heavy atom. The van der Waals surface area contributed by atoms with Gasteiger partial charge < -0.3 is 39.1 Å². The molecular formula is C26H42N2O12. The Bertz CT molecular complexity index is 775. The Hall–Kier alpha value is -3.84. The lowest BCUT2D eigenvalue weighted by molar-refractivity contribution is -0.146. The van der Waals surface area contributed by atoms with E-state index in [0.29, 0.717) is 45.2 Å². The zero-order valence-corrected chi connectivity index (χ0v) is 23.2. The normalized spacial score (nSPS) is 10.8. The molecule has 40 heavy (non-hydrogen) atoms. The van der Waals surface area contributed by atoms with Crippen molar-refractivity contribution in [2.75, 3.05) is 52.7 Å². The minimum Gasteiger partial charge on any atom is -0.466 e. The molecule has 1 unspecified atom stereocenters. The summed E-state index contributed by atoms with van der Waals surface area (Å²) in [7, 11) is 0. The average molecular weight is 575 g/mol. The molecule has 0 bridgehead atoms. The summed E-state index contributed by atoms with van der Waals surface area (Å²) >= 11 is 0. The number of carbonyl (C=O) groups is 6. The summed E-state index contributed by atoms with van der Waals surface area (Å²) in [6.45, 7) is 6.56. The third-order valence-corrected chi connectivity index (χ3v) is 5.04. The average Bonchev–Trinajstić information content (AvgIpc) is 2.94. The maximum Gasteiger partial charge on any atom is 0.407 e. The lowest BCUT2D eigenvalue weighted by Gasteiger charge is -2.13. The van der Waals surface area contributed by atoms with Crippen molar-refractivity contribution in [3.63, 3.8) is 0 Å². The molecule has 14 nitrogen and oxygen atoms in total. The second kappa shape index (κ2) is 25.4. The number of nitrogens with one attached hydrogen (secondary N) is 2. The standard InChI is InChI=1S/C26H42N2O12/c1-3-22(30)36-13-6-7-14-37-23(31)10-4-5-11-24(32)38-17-18-40-26(34)28-19-21(2)9-8-12-27-25(33)39-16-15-35-20-29/h3,20-21H,1,4-19H2,2H3,(H,27,33)(H,28,34). The van der Waals surface area contributed by atoms with Gasteiger partial charge >= 0.3 is 30.1 Å². The number of unbranched alkanes of at least 4 members (excludes halogenated alkanes) is 2. The van der Waals surface area contributed by atoms with Crippen molar-refractivity contribution in [2.45, 2.75) is 58.3 Å². The highest BCUT2D eigenvalue weighted by Gasteiger charge is 2.09. The molecule has 2 N–H and O–H groups in total. The SMILES string of the molecule is C=CC(=O)OCCCCOC(=O)CCCCC(=O)OCCOC(=O)NCC(C)CCCNC(=O)OCCOC=O. The third kappa shape index (κ3) is 24.5. The first-order valence-corrected chi connectivity index (χ1v) is 13.2. The van der Waals surface area contributed by atoms with Gasteiger partial charge in [-0.15, -0.1) is 0 Å².